The lowest BCUT2D eigenvalue weighted by atomic mass is 10.0. The summed E-state index contributed by atoms with van der Waals surface area (Å²) in [4.78, 5) is 34.1. The molecule has 0 aliphatic carbocycles. The molecule has 0 aliphatic rings. The van der Waals surface area contributed by atoms with Gasteiger partial charge in [0.15, 0.2) is 27.8 Å². The summed E-state index contributed by atoms with van der Waals surface area (Å²) in [5.41, 5.74) is 15.6. The molecule has 134 heavy (non-hydrogen) atoms. The van der Waals surface area contributed by atoms with E-state index in [4.69, 9.17) is 29.9 Å². The highest BCUT2D eigenvalue weighted by Gasteiger charge is 2.45. The van der Waals surface area contributed by atoms with E-state index in [1.165, 1.54) is 81.8 Å². The molecule has 16 heteroatoms. The van der Waals surface area contributed by atoms with Crippen LogP contribution in [0.5, 0.6) is 0 Å². The number of hydrogen-bond donors (Lipinski definition) is 0. The normalized spacial score (nSPS) is 12.3. The summed E-state index contributed by atoms with van der Waals surface area (Å²) in [5, 5.41) is 20.1. The summed E-state index contributed by atoms with van der Waals surface area (Å²) >= 11 is 3.80. The van der Waals surface area contributed by atoms with Crippen LogP contribution in [0.15, 0.2) is 449 Å². The number of benzene rings is 18. The fourth-order valence-electron chi connectivity index (χ4n) is 22.0. The van der Waals surface area contributed by atoms with Gasteiger partial charge in [0.25, 0.3) is 0 Å². The predicted octanol–water partition coefficient (Wildman–Crippen LogP) is 23.4. The molecule has 10 aromatic heterocycles. The topological polar surface area (TPSA) is 106 Å². The zero-order valence-electron chi connectivity index (χ0n) is 71.9. The Balaban J connectivity index is 0.604. The first-order valence-corrected chi connectivity index (χ1v) is 50.9. The van der Waals surface area contributed by atoms with E-state index in [0.717, 1.165) is 127 Å². The maximum atomic E-state index is 5.79. The molecule has 18 aromatic carbocycles. The first-order valence-electron chi connectivity index (χ1n) is 45.3. The molecule has 0 unspecified atom stereocenters. The van der Waals surface area contributed by atoms with Crippen molar-refractivity contribution in [3.05, 3.63) is 449 Å². The molecule has 0 N–H and O–H groups in total. The van der Waals surface area contributed by atoms with Crippen molar-refractivity contribution in [2.75, 3.05) is 0 Å². The summed E-state index contributed by atoms with van der Waals surface area (Å²) in [6, 6.07) is 165. The number of imidazole rings is 4. The Hall–Kier alpha value is -16.9. The smallest absolute Gasteiger partial charge is 0.221 e. The first kappa shape index (κ1) is 76.0. The van der Waals surface area contributed by atoms with E-state index in [1.54, 1.807) is 0 Å². The first-order chi connectivity index (χ1) is 66.4. The van der Waals surface area contributed by atoms with Crippen molar-refractivity contribution < 1.29 is 0 Å². The number of fused-ring (bicyclic) bond motifs is 22. The second kappa shape index (κ2) is 29.8. The molecule has 0 saturated heterocycles. The third-order valence-electron chi connectivity index (χ3n) is 27.8. The minimum atomic E-state index is -3.11. The molecular weight excluding hydrogens is 1710 g/mol. The van der Waals surface area contributed by atoms with E-state index in [-0.39, 0.29) is 0 Å². The predicted molar refractivity (Wildman–Crippen MR) is 562 cm³/mol. The van der Waals surface area contributed by atoms with Crippen LogP contribution in [-0.2, 0) is 0 Å². The number of hydrogen-bond acceptors (Lipinski definition) is 8. The van der Waals surface area contributed by atoms with Gasteiger partial charge in [-0.3, -0.25) is 27.1 Å². The van der Waals surface area contributed by atoms with Crippen LogP contribution in [0.2, 0.25) is 0 Å². The Morgan fingerprint density at radius 2 is 0.500 bits per heavy atom. The van der Waals surface area contributed by atoms with Crippen LogP contribution in [0.25, 0.3) is 197 Å². The van der Waals surface area contributed by atoms with Gasteiger partial charge >= 0.3 is 0 Å². The average molecular weight is 1780 g/mol. The van der Waals surface area contributed by atoms with Crippen molar-refractivity contribution in [3.8, 4) is 57.2 Å². The van der Waals surface area contributed by atoms with Crippen LogP contribution >= 0.6 is 22.7 Å². The van der Waals surface area contributed by atoms with Crippen LogP contribution in [0.3, 0.4) is 0 Å². The van der Waals surface area contributed by atoms with Crippen molar-refractivity contribution in [2.24, 2.45) is 0 Å². The Kier molecular flexibility index (Phi) is 16.9. The van der Waals surface area contributed by atoms with Gasteiger partial charge < -0.3 is 0 Å². The van der Waals surface area contributed by atoms with E-state index in [1.807, 2.05) is 22.7 Å². The van der Waals surface area contributed by atoms with Gasteiger partial charge in [-0.1, -0.05) is 346 Å². The molecule has 0 spiro atoms. The van der Waals surface area contributed by atoms with Crippen molar-refractivity contribution in [1.82, 2.24) is 57.0 Å². The maximum absolute atomic E-state index is 5.79. The number of para-hydroxylation sites is 9. The molecule has 626 valence electrons. The van der Waals surface area contributed by atoms with Crippen molar-refractivity contribution in [3.63, 3.8) is 0 Å². The van der Waals surface area contributed by atoms with E-state index in [2.05, 4.69) is 476 Å². The van der Waals surface area contributed by atoms with Gasteiger partial charge in [0.05, 0.1) is 66.2 Å². The van der Waals surface area contributed by atoms with Crippen LogP contribution in [-0.4, -0.2) is 73.1 Å². The highest BCUT2D eigenvalue weighted by molar-refractivity contribution is 7.31. The lowest BCUT2D eigenvalue weighted by Gasteiger charge is -2.35. The molecule has 0 fully saturated rings. The molecule has 10 heterocycles. The van der Waals surface area contributed by atoms with Crippen LogP contribution in [0.1, 0.15) is 0 Å². The van der Waals surface area contributed by atoms with E-state index in [0.29, 0.717) is 29.1 Å². The maximum Gasteiger partial charge on any atom is 0.221 e. The quantitative estimate of drug-likeness (QED) is 0.0748. The minimum Gasteiger partial charge on any atom is -0.294 e. The van der Waals surface area contributed by atoms with Gasteiger partial charge in [0, 0.05) is 85.1 Å². The summed E-state index contributed by atoms with van der Waals surface area (Å²) in [6.07, 6.45) is 0. The molecule has 0 bridgehead atoms. The zero-order valence-corrected chi connectivity index (χ0v) is 75.5. The third-order valence-corrected chi connectivity index (χ3v) is 40.3. The van der Waals surface area contributed by atoms with Crippen LogP contribution in [0.4, 0.5) is 0 Å². The Morgan fingerprint density at radius 1 is 0.187 bits per heavy atom. The van der Waals surface area contributed by atoms with E-state index >= 15 is 0 Å². The average Bonchev–Trinajstić information content (AvgIpc) is 1.36. The van der Waals surface area contributed by atoms with Crippen molar-refractivity contribution >= 4 is 220 Å². The van der Waals surface area contributed by atoms with Crippen LogP contribution < -0.4 is 41.5 Å². The molecule has 0 amide bonds. The number of nitrogens with zero attached hydrogens (tertiary/aromatic N) is 12. The van der Waals surface area contributed by atoms with Gasteiger partial charge in [-0.05, 0) is 144 Å². The molecule has 12 nitrogen and oxygen atoms in total. The van der Waals surface area contributed by atoms with E-state index in [9.17, 15) is 0 Å². The summed E-state index contributed by atoms with van der Waals surface area (Å²) in [6.45, 7) is 0. The second-order valence-corrected chi connectivity index (χ2v) is 44.4. The molecule has 0 radical (unpaired) electrons. The second-order valence-electron chi connectivity index (χ2n) is 34.8. The highest BCUT2D eigenvalue weighted by Crippen LogP contribution is 2.43. The Bertz CT molecular complexity index is 9540. The number of thiophene rings is 2. The van der Waals surface area contributed by atoms with Gasteiger partial charge in [-0.2, -0.15) is 0 Å². The standard InChI is InChI=1S/C118H74N12S2Si2/c1-5-31-79(32-6-1)133(80-33-7-2-8-34-80,107-57-29-44-90-88-42-16-27-55-105(88)131-113(90)107)83-65-59-75(60-66-83)115-121-109(125-95-47-19-13-39-85(95)86-40-14-20-48-96(86)125)73-110(122-115)126-97-49-21-15-41-87(97)92-71-77(64-70-98(92)126)78-63-69-94-104(72-78)128-101-52-24-26-54-103(101)130(118(128)120-94)112-74-111(129-102-53-25-23-51-100(102)127-99-50-22-18-46-93(99)119-117(127)129)123-116(124-112)76-61-67-84(68-62-76)134(81-35-9-3-10-36-81,82-37-11-4-12-38-82)108-58-30-45-91-89-43-17-28-56-106(89)132-114(91)108/h1-74H. The Labute approximate surface area is 777 Å². The molecule has 28 rings (SSSR count). The minimum absolute atomic E-state index is 0.554. The molecule has 0 atom stereocenters. The van der Waals surface area contributed by atoms with Crippen molar-refractivity contribution in [2.45, 2.75) is 0 Å². The SMILES string of the molecule is c1ccc([Si](c2ccccc2)(c2ccc(-c3nc(-n4c5ccccc5c5ccccc54)cc(-n4c5ccccc5c5cc(-c6ccc7nc8n(-c9cc(-n%10c%11ccccc%11n%11c%12ccccc%12nc%10%11)nc(-c%10ccc([Si](c%11ccccc%11)(c%11ccccc%11)c%11cccc%12c%11sc%11ccccc%11%12)cc%10)n9)c9ccccc9n8c7c6)ccc54)n3)cc2)c2cccc3c2sc2ccccc23)cc1. The molecule has 28 aromatic rings. The molecule has 0 saturated carbocycles. The third kappa shape index (κ3) is 11.2. The van der Waals surface area contributed by atoms with Gasteiger partial charge in [-0.25, -0.2) is 29.9 Å². The highest BCUT2D eigenvalue weighted by atomic mass is 32.1. The monoisotopic (exact) mass is 1780 g/mol. The molecule has 0 aliphatic heterocycles. The van der Waals surface area contributed by atoms with Gasteiger partial charge in [-0.15, -0.1) is 22.7 Å². The Morgan fingerprint density at radius 3 is 0.948 bits per heavy atom. The zero-order chi connectivity index (χ0) is 87.9. The largest absolute Gasteiger partial charge is 0.294 e. The fraction of sp³-hybridized carbons (Fsp3) is 0. The lowest BCUT2D eigenvalue weighted by Crippen LogP contribution is -2.74. The van der Waals surface area contributed by atoms with Gasteiger partial charge in [0.2, 0.25) is 11.6 Å². The summed E-state index contributed by atoms with van der Waals surface area (Å²) in [5.74, 6) is 5.45. The van der Waals surface area contributed by atoms with Gasteiger partial charge in [0.1, 0.15) is 23.3 Å². The summed E-state index contributed by atoms with van der Waals surface area (Å²) < 4.78 is 18.8. The fourth-order valence-corrected chi connectivity index (χ4v) is 35.1. The van der Waals surface area contributed by atoms with E-state index < -0.39 is 16.1 Å². The van der Waals surface area contributed by atoms with Crippen molar-refractivity contribution in [1.29, 1.82) is 0 Å². The lowest BCUT2D eigenvalue weighted by molar-refractivity contribution is 0.970. The number of rotatable bonds is 15. The molecular formula is C118H74N12S2Si2. The number of aromatic nitrogens is 12. The summed E-state index contributed by atoms with van der Waals surface area (Å²) in [7, 11) is -6.19. The van der Waals surface area contributed by atoms with Crippen LogP contribution in [0, 0.1) is 0 Å².